The maximum atomic E-state index is 12.7. The van der Waals surface area contributed by atoms with Gasteiger partial charge in [-0.1, -0.05) is 0 Å². The average Bonchev–Trinajstić information content (AvgIpc) is 2.69. The van der Waals surface area contributed by atoms with Crippen molar-refractivity contribution in [3.05, 3.63) is 18.6 Å². The molecule has 136 valence electrons. The van der Waals surface area contributed by atoms with Crippen molar-refractivity contribution >= 4 is 11.7 Å². The first kappa shape index (κ1) is 16.7. The monoisotopic (exact) mass is 345 g/mol. The van der Waals surface area contributed by atoms with Crippen LogP contribution in [0.25, 0.3) is 0 Å². The summed E-state index contributed by atoms with van der Waals surface area (Å²) in [6, 6.07) is 0.616. The van der Waals surface area contributed by atoms with E-state index in [-0.39, 0.29) is 17.9 Å². The van der Waals surface area contributed by atoms with Crippen molar-refractivity contribution in [1.29, 1.82) is 0 Å². The fourth-order valence-electron chi connectivity index (χ4n) is 4.28. The van der Waals surface area contributed by atoms with Gasteiger partial charge in [0.2, 0.25) is 5.91 Å². The number of hydrogen-bond donors (Lipinski definition) is 2. The van der Waals surface area contributed by atoms with E-state index in [0.29, 0.717) is 12.1 Å². The van der Waals surface area contributed by atoms with Gasteiger partial charge in [-0.05, 0) is 32.1 Å². The summed E-state index contributed by atoms with van der Waals surface area (Å²) in [5.41, 5.74) is 0. The van der Waals surface area contributed by atoms with Crippen LogP contribution in [-0.4, -0.2) is 60.3 Å². The second-order valence-electron chi connectivity index (χ2n) is 7.31. The summed E-state index contributed by atoms with van der Waals surface area (Å²) in [4.78, 5) is 23.4. The number of hydrogen-bond acceptors (Lipinski definition) is 6. The quantitative estimate of drug-likeness (QED) is 0.840. The lowest BCUT2D eigenvalue weighted by atomic mass is 9.82. The number of piperidine rings is 1. The van der Waals surface area contributed by atoms with Crippen molar-refractivity contribution in [3.63, 3.8) is 0 Å². The van der Waals surface area contributed by atoms with Crippen LogP contribution in [0.2, 0.25) is 0 Å². The molecule has 1 aliphatic carbocycles. The molecule has 1 aromatic rings. The van der Waals surface area contributed by atoms with Gasteiger partial charge >= 0.3 is 0 Å². The van der Waals surface area contributed by atoms with Crippen LogP contribution in [0.1, 0.15) is 32.1 Å². The number of amides is 1. The second-order valence-corrected chi connectivity index (χ2v) is 7.31. The van der Waals surface area contributed by atoms with Crippen LogP contribution in [0.5, 0.6) is 0 Å². The third kappa shape index (κ3) is 3.93. The highest BCUT2D eigenvalue weighted by molar-refractivity contribution is 5.79. The predicted molar refractivity (Wildman–Crippen MR) is 94.3 cm³/mol. The first-order valence-electron chi connectivity index (χ1n) is 9.46. The number of fused-ring (bicyclic) bond motifs is 1. The highest BCUT2D eigenvalue weighted by atomic mass is 16.5. The fourth-order valence-corrected chi connectivity index (χ4v) is 4.28. The first-order valence-corrected chi connectivity index (χ1v) is 9.46. The summed E-state index contributed by atoms with van der Waals surface area (Å²) in [6.07, 6.45) is 10.3. The van der Waals surface area contributed by atoms with Gasteiger partial charge in [0.15, 0.2) is 0 Å². The molecule has 4 rings (SSSR count). The van der Waals surface area contributed by atoms with Gasteiger partial charge in [0, 0.05) is 50.0 Å². The fraction of sp³-hybridized carbons (Fsp3) is 0.722. The minimum Gasteiger partial charge on any atom is -0.375 e. The summed E-state index contributed by atoms with van der Waals surface area (Å²) < 4.78 is 5.80. The third-order valence-electron chi connectivity index (χ3n) is 5.71. The molecule has 0 bridgehead atoms. The highest BCUT2D eigenvalue weighted by Gasteiger charge is 2.36. The zero-order valence-electron chi connectivity index (χ0n) is 14.6. The van der Waals surface area contributed by atoms with Crippen molar-refractivity contribution in [2.24, 2.45) is 5.92 Å². The first-order chi connectivity index (χ1) is 12.3. The molecule has 3 fully saturated rings. The number of anilines is 1. The Hall–Kier alpha value is -1.73. The summed E-state index contributed by atoms with van der Waals surface area (Å²) in [7, 11) is 0. The van der Waals surface area contributed by atoms with Crippen LogP contribution in [0.3, 0.4) is 0 Å². The highest BCUT2D eigenvalue weighted by Crippen LogP contribution is 2.28. The minimum atomic E-state index is 0.119. The van der Waals surface area contributed by atoms with Crippen molar-refractivity contribution in [1.82, 2.24) is 20.6 Å². The second kappa shape index (κ2) is 7.66. The Bertz CT molecular complexity index is 576. The number of carbonyl (C=O) groups is 1. The number of aromatic nitrogens is 2. The standard InChI is InChI=1S/C18H27N5O2/c24-18(13-1-2-16-15(11-13)20-7-10-25-16)22-14-3-8-23(9-4-14)17-12-19-5-6-21-17/h5-6,12-16,20H,1-4,7-11H2,(H,22,24)/t13-,15+,16+/m0/s1. The van der Waals surface area contributed by atoms with E-state index >= 15 is 0 Å². The van der Waals surface area contributed by atoms with Crippen molar-refractivity contribution in [3.8, 4) is 0 Å². The van der Waals surface area contributed by atoms with Crippen LogP contribution >= 0.6 is 0 Å². The molecule has 3 aliphatic rings. The molecule has 2 aliphatic heterocycles. The molecular weight excluding hydrogens is 318 g/mol. The maximum absolute atomic E-state index is 12.7. The van der Waals surface area contributed by atoms with E-state index in [0.717, 1.165) is 64.2 Å². The van der Waals surface area contributed by atoms with Gasteiger partial charge in [-0.3, -0.25) is 9.78 Å². The van der Waals surface area contributed by atoms with Crippen LogP contribution in [-0.2, 0) is 9.53 Å². The van der Waals surface area contributed by atoms with Gasteiger partial charge in [-0.2, -0.15) is 0 Å². The number of carbonyl (C=O) groups excluding carboxylic acids is 1. The molecule has 0 radical (unpaired) electrons. The van der Waals surface area contributed by atoms with Gasteiger partial charge in [-0.15, -0.1) is 0 Å². The van der Waals surface area contributed by atoms with Crippen molar-refractivity contribution in [2.75, 3.05) is 31.1 Å². The summed E-state index contributed by atoms with van der Waals surface area (Å²) in [5, 5.41) is 6.79. The number of morpholine rings is 1. The van der Waals surface area contributed by atoms with E-state index in [1.165, 1.54) is 0 Å². The molecule has 3 atom stereocenters. The van der Waals surface area contributed by atoms with E-state index in [2.05, 4.69) is 25.5 Å². The van der Waals surface area contributed by atoms with E-state index in [9.17, 15) is 4.79 Å². The lowest BCUT2D eigenvalue weighted by molar-refractivity contribution is -0.129. The van der Waals surface area contributed by atoms with E-state index in [1.54, 1.807) is 18.6 Å². The Morgan fingerprint density at radius 3 is 2.92 bits per heavy atom. The normalized spacial score (nSPS) is 30.6. The number of nitrogens with zero attached hydrogens (tertiary/aromatic N) is 3. The molecule has 1 amide bonds. The van der Waals surface area contributed by atoms with Crippen LogP contribution in [0.4, 0.5) is 5.82 Å². The molecule has 0 aromatic carbocycles. The molecule has 1 saturated carbocycles. The lowest BCUT2D eigenvalue weighted by Crippen LogP contribution is -2.54. The SMILES string of the molecule is O=C(NC1CCN(c2cnccn2)CC1)[C@H]1CC[C@H]2OCCN[C@@H]2C1. The predicted octanol–water partition coefficient (Wildman–Crippen LogP) is 0.719. The molecule has 2 N–H and O–H groups in total. The van der Waals surface area contributed by atoms with E-state index in [4.69, 9.17) is 4.74 Å². The largest absolute Gasteiger partial charge is 0.375 e. The molecule has 3 heterocycles. The van der Waals surface area contributed by atoms with E-state index < -0.39 is 0 Å². The Kier molecular flexibility index (Phi) is 5.12. The van der Waals surface area contributed by atoms with Gasteiger partial charge in [0.1, 0.15) is 5.82 Å². The van der Waals surface area contributed by atoms with Gasteiger partial charge in [-0.25, -0.2) is 4.98 Å². The summed E-state index contributed by atoms with van der Waals surface area (Å²) in [5.74, 6) is 1.27. The number of rotatable bonds is 3. The molecule has 25 heavy (non-hydrogen) atoms. The zero-order valence-corrected chi connectivity index (χ0v) is 14.6. The van der Waals surface area contributed by atoms with Gasteiger partial charge < -0.3 is 20.3 Å². The average molecular weight is 345 g/mol. The van der Waals surface area contributed by atoms with Crippen molar-refractivity contribution < 1.29 is 9.53 Å². The Balaban J connectivity index is 1.25. The molecular formula is C18H27N5O2. The van der Waals surface area contributed by atoms with E-state index in [1.807, 2.05) is 0 Å². The lowest BCUT2D eigenvalue weighted by Gasteiger charge is -2.40. The number of ether oxygens (including phenoxy) is 1. The smallest absolute Gasteiger partial charge is 0.223 e. The topological polar surface area (TPSA) is 79.4 Å². The third-order valence-corrected chi connectivity index (χ3v) is 5.71. The van der Waals surface area contributed by atoms with Crippen LogP contribution < -0.4 is 15.5 Å². The van der Waals surface area contributed by atoms with Gasteiger partial charge in [0.25, 0.3) is 0 Å². The summed E-state index contributed by atoms with van der Waals surface area (Å²) >= 11 is 0. The molecule has 7 heteroatoms. The molecule has 2 saturated heterocycles. The van der Waals surface area contributed by atoms with Crippen LogP contribution in [0.15, 0.2) is 18.6 Å². The van der Waals surface area contributed by atoms with Gasteiger partial charge in [0.05, 0.1) is 18.9 Å². The minimum absolute atomic E-state index is 0.119. The Morgan fingerprint density at radius 2 is 2.12 bits per heavy atom. The van der Waals surface area contributed by atoms with Crippen LogP contribution in [0, 0.1) is 5.92 Å². The molecule has 0 spiro atoms. The molecule has 7 nitrogen and oxygen atoms in total. The molecule has 0 unspecified atom stereocenters. The zero-order chi connectivity index (χ0) is 17.1. The Morgan fingerprint density at radius 1 is 1.24 bits per heavy atom. The summed E-state index contributed by atoms with van der Waals surface area (Å²) in [6.45, 7) is 3.52. The Labute approximate surface area is 148 Å². The van der Waals surface area contributed by atoms with Crippen molar-refractivity contribution in [2.45, 2.75) is 50.3 Å². The maximum Gasteiger partial charge on any atom is 0.223 e. The molecule has 1 aromatic heterocycles. The number of nitrogens with one attached hydrogen (secondary N) is 2.